The van der Waals surface area contributed by atoms with Crippen LogP contribution < -0.4 is 0 Å². The molecule has 1 aromatic heterocycles. The van der Waals surface area contributed by atoms with Crippen molar-refractivity contribution in [3.8, 4) is 0 Å². The zero-order valence-electron chi connectivity index (χ0n) is 9.97. The van der Waals surface area contributed by atoms with Crippen molar-refractivity contribution < 1.29 is 9.52 Å². The molecular weight excluding hydrogens is 296 g/mol. The first-order valence-electron chi connectivity index (χ1n) is 6.16. The summed E-state index contributed by atoms with van der Waals surface area (Å²) < 4.78 is 6.70. The smallest absolute Gasteiger partial charge is 0.196 e. The molecule has 0 aliphatic carbocycles. The monoisotopic (exact) mass is 310 g/mol. The predicted molar refractivity (Wildman–Crippen MR) is 72.5 cm³/mol. The number of hydrogen-bond donors (Lipinski definition) is 1. The molecule has 1 fully saturated rings. The van der Waals surface area contributed by atoms with Gasteiger partial charge in [0, 0.05) is 30.5 Å². The van der Waals surface area contributed by atoms with Gasteiger partial charge in [-0.25, -0.2) is 4.98 Å². The molecule has 0 unspecified atom stereocenters. The van der Waals surface area contributed by atoms with E-state index < -0.39 is 0 Å². The van der Waals surface area contributed by atoms with Crippen molar-refractivity contribution in [1.29, 1.82) is 0 Å². The van der Waals surface area contributed by atoms with E-state index in [0.717, 1.165) is 53.9 Å². The van der Waals surface area contributed by atoms with Gasteiger partial charge in [0.25, 0.3) is 0 Å². The van der Waals surface area contributed by atoms with Gasteiger partial charge in [0.2, 0.25) is 0 Å². The maximum Gasteiger partial charge on any atom is 0.196 e. The number of aromatic nitrogens is 1. The summed E-state index contributed by atoms with van der Waals surface area (Å²) in [5, 5.41) is 9.46. The second-order valence-corrected chi connectivity index (χ2v) is 5.63. The summed E-state index contributed by atoms with van der Waals surface area (Å²) in [5.74, 6) is 0.768. The standard InChI is InChI=1S/C13H15BrN2O2/c14-9-1-2-12-11(7-9)15-13(18-12)4-6-16-5-3-10(17)8-16/h1-2,7,10,17H,3-6,8H2/t10-/m1/s1. The number of β-amino-alcohol motifs (C(OH)–C–C–N with tert-alkyl or cyclic N) is 1. The first-order valence-corrected chi connectivity index (χ1v) is 6.95. The zero-order valence-corrected chi connectivity index (χ0v) is 11.6. The molecule has 2 aromatic rings. The molecule has 0 bridgehead atoms. The fourth-order valence-corrected chi connectivity index (χ4v) is 2.67. The van der Waals surface area contributed by atoms with Crippen molar-refractivity contribution >= 4 is 27.0 Å². The highest BCUT2D eigenvalue weighted by Crippen LogP contribution is 2.21. The molecule has 0 radical (unpaired) electrons. The molecule has 1 saturated heterocycles. The van der Waals surface area contributed by atoms with Gasteiger partial charge in [-0.15, -0.1) is 0 Å². The molecule has 1 N–H and O–H groups in total. The number of nitrogens with zero attached hydrogens (tertiary/aromatic N) is 2. The third-order valence-electron chi connectivity index (χ3n) is 3.28. The van der Waals surface area contributed by atoms with E-state index in [1.807, 2.05) is 18.2 Å². The molecule has 1 aliphatic heterocycles. The highest BCUT2D eigenvalue weighted by atomic mass is 79.9. The third-order valence-corrected chi connectivity index (χ3v) is 3.78. The Bertz CT molecular complexity index is 555. The summed E-state index contributed by atoms with van der Waals surface area (Å²) in [6.07, 6.45) is 1.50. The van der Waals surface area contributed by atoms with Gasteiger partial charge in [-0.05, 0) is 24.6 Å². The Kier molecular flexibility index (Phi) is 3.37. The average Bonchev–Trinajstić information content (AvgIpc) is 2.92. The molecule has 96 valence electrons. The normalized spacial score (nSPS) is 20.9. The number of aliphatic hydroxyl groups excluding tert-OH is 1. The van der Waals surface area contributed by atoms with Gasteiger partial charge in [-0.2, -0.15) is 0 Å². The van der Waals surface area contributed by atoms with Crippen LogP contribution in [0.3, 0.4) is 0 Å². The summed E-state index contributed by atoms with van der Waals surface area (Å²) >= 11 is 3.42. The van der Waals surface area contributed by atoms with Gasteiger partial charge < -0.3 is 14.4 Å². The summed E-state index contributed by atoms with van der Waals surface area (Å²) in [6.45, 7) is 2.63. The van der Waals surface area contributed by atoms with Gasteiger partial charge in [-0.3, -0.25) is 0 Å². The molecule has 3 rings (SSSR count). The highest BCUT2D eigenvalue weighted by Gasteiger charge is 2.20. The van der Waals surface area contributed by atoms with Crippen LogP contribution in [0.15, 0.2) is 27.1 Å². The van der Waals surface area contributed by atoms with E-state index >= 15 is 0 Å². The van der Waals surface area contributed by atoms with E-state index in [1.54, 1.807) is 0 Å². The van der Waals surface area contributed by atoms with E-state index in [4.69, 9.17) is 4.42 Å². The van der Waals surface area contributed by atoms with Crippen LogP contribution in [-0.4, -0.2) is 40.7 Å². The fourth-order valence-electron chi connectivity index (χ4n) is 2.32. The maximum atomic E-state index is 9.46. The van der Waals surface area contributed by atoms with E-state index in [1.165, 1.54) is 0 Å². The van der Waals surface area contributed by atoms with Crippen LogP contribution in [-0.2, 0) is 6.42 Å². The van der Waals surface area contributed by atoms with Crippen molar-refractivity contribution in [3.63, 3.8) is 0 Å². The summed E-state index contributed by atoms with van der Waals surface area (Å²) in [4.78, 5) is 6.71. The highest BCUT2D eigenvalue weighted by molar-refractivity contribution is 9.10. The first kappa shape index (κ1) is 12.1. The molecular formula is C13H15BrN2O2. The third kappa shape index (κ3) is 2.58. The summed E-state index contributed by atoms with van der Waals surface area (Å²) in [7, 11) is 0. The molecule has 0 spiro atoms. The molecule has 1 aliphatic rings. The summed E-state index contributed by atoms with van der Waals surface area (Å²) in [5.41, 5.74) is 1.72. The maximum absolute atomic E-state index is 9.46. The van der Waals surface area contributed by atoms with Crippen molar-refractivity contribution in [2.75, 3.05) is 19.6 Å². The van der Waals surface area contributed by atoms with Gasteiger partial charge in [0.05, 0.1) is 6.10 Å². The Morgan fingerprint density at radius 3 is 3.17 bits per heavy atom. The Balaban J connectivity index is 1.67. The number of aliphatic hydroxyl groups is 1. The van der Waals surface area contributed by atoms with Crippen LogP contribution >= 0.6 is 15.9 Å². The van der Waals surface area contributed by atoms with Crippen molar-refractivity contribution in [2.45, 2.75) is 18.9 Å². The molecule has 4 nitrogen and oxygen atoms in total. The van der Waals surface area contributed by atoms with Crippen molar-refractivity contribution in [2.24, 2.45) is 0 Å². The number of rotatable bonds is 3. The fraction of sp³-hybridized carbons (Fsp3) is 0.462. The van der Waals surface area contributed by atoms with Crippen molar-refractivity contribution in [1.82, 2.24) is 9.88 Å². The Morgan fingerprint density at radius 2 is 2.39 bits per heavy atom. The second-order valence-electron chi connectivity index (χ2n) is 4.71. The topological polar surface area (TPSA) is 49.5 Å². The minimum atomic E-state index is -0.162. The van der Waals surface area contributed by atoms with Crippen LogP contribution in [0.25, 0.3) is 11.1 Å². The predicted octanol–water partition coefficient (Wildman–Crippen LogP) is 2.20. The molecule has 18 heavy (non-hydrogen) atoms. The Hall–Kier alpha value is -0.910. The molecule has 2 heterocycles. The number of fused-ring (bicyclic) bond motifs is 1. The van der Waals surface area contributed by atoms with Crippen LogP contribution in [0.1, 0.15) is 12.3 Å². The molecule has 0 amide bonds. The van der Waals surface area contributed by atoms with Gasteiger partial charge in [-0.1, -0.05) is 15.9 Å². The lowest BCUT2D eigenvalue weighted by Gasteiger charge is -2.12. The van der Waals surface area contributed by atoms with Crippen LogP contribution in [0.4, 0.5) is 0 Å². The average molecular weight is 311 g/mol. The van der Waals surface area contributed by atoms with Crippen LogP contribution in [0, 0.1) is 0 Å². The molecule has 1 atom stereocenters. The van der Waals surface area contributed by atoms with E-state index in [-0.39, 0.29) is 6.10 Å². The van der Waals surface area contributed by atoms with E-state index in [2.05, 4.69) is 25.8 Å². The lowest BCUT2D eigenvalue weighted by atomic mass is 10.3. The minimum absolute atomic E-state index is 0.162. The second kappa shape index (κ2) is 4.99. The zero-order chi connectivity index (χ0) is 12.5. The Morgan fingerprint density at radius 1 is 1.50 bits per heavy atom. The van der Waals surface area contributed by atoms with Gasteiger partial charge in [0.15, 0.2) is 11.5 Å². The summed E-state index contributed by atoms with van der Waals surface area (Å²) in [6, 6.07) is 5.84. The lowest BCUT2D eigenvalue weighted by Crippen LogP contribution is -2.24. The molecule has 5 heteroatoms. The Labute approximate surface area is 114 Å². The number of likely N-dealkylation sites (tertiary alicyclic amines) is 1. The van der Waals surface area contributed by atoms with E-state index in [9.17, 15) is 5.11 Å². The van der Waals surface area contributed by atoms with Crippen molar-refractivity contribution in [3.05, 3.63) is 28.6 Å². The van der Waals surface area contributed by atoms with E-state index in [0.29, 0.717) is 0 Å². The number of hydrogen-bond acceptors (Lipinski definition) is 4. The minimum Gasteiger partial charge on any atom is -0.441 e. The quantitative estimate of drug-likeness (QED) is 0.944. The van der Waals surface area contributed by atoms with Crippen LogP contribution in [0.2, 0.25) is 0 Å². The number of halogens is 1. The van der Waals surface area contributed by atoms with Crippen LogP contribution in [0.5, 0.6) is 0 Å². The van der Waals surface area contributed by atoms with Gasteiger partial charge in [0.1, 0.15) is 5.52 Å². The first-order chi connectivity index (χ1) is 8.70. The lowest BCUT2D eigenvalue weighted by molar-refractivity contribution is 0.176. The number of benzene rings is 1. The molecule has 1 aromatic carbocycles. The largest absolute Gasteiger partial charge is 0.441 e. The number of oxazole rings is 1. The SMILES string of the molecule is O[C@@H]1CCN(CCc2nc3cc(Br)ccc3o2)C1. The van der Waals surface area contributed by atoms with Gasteiger partial charge >= 0.3 is 0 Å². The molecule has 0 saturated carbocycles.